The van der Waals surface area contributed by atoms with Crippen molar-refractivity contribution in [1.29, 1.82) is 0 Å². The molecular weight excluding hydrogens is 447 g/mol. The number of aliphatic hydroxyl groups is 1. The van der Waals surface area contributed by atoms with Crippen molar-refractivity contribution in [3.05, 3.63) is 71.5 Å². The Morgan fingerprint density at radius 3 is 2.56 bits per heavy atom. The average molecular weight is 473 g/mol. The van der Waals surface area contributed by atoms with Crippen molar-refractivity contribution in [1.82, 2.24) is 14.7 Å². The Morgan fingerprint density at radius 2 is 1.88 bits per heavy atom. The predicted molar refractivity (Wildman–Crippen MR) is 120 cm³/mol. The highest BCUT2D eigenvalue weighted by atomic mass is 19.4. The molecule has 1 aliphatic heterocycles. The number of hydrogen-bond acceptors (Lipinski definition) is 4. The molecule has 1 atom stereocenters. The number of nitrogens with zero attached hydrogens (tertiary/aromatic N) is 3. The lowest BCUT2D eigenvalue weighted by atomic mass is 10.0. The van der Waals surface area contributed by atoms with Gasteiger partial charge in [0.25, 0.3) is 5.91 Å². The third-order valence-corrected chi connectivity index (χ3v) is 5.63. The Labute approximate surface area is 195 Å². The van der Waals surface area contributed by atoms with E-state index in [0.717, 1.165) is 35.4 Å². The maximum Gasteiger partial charge on any atom is 0.418 e. The second kappa shape index (κ2) is 9.50. The molecule has 1 aromatic heterocycles. The molecule has 180 valence electrons. The molecule has 0 aliphatic carbocycles. The number of amides is 1. The first kappa shape index (κ1) is 23.8. The minimum atomic E-state index is -4.76. The van der Waals surface area contributed by atoms with Gasteiger partial charge in [-0.3, -0.25) is 9.48 Å². The third kappa shape index (κ3) is 5.25. The number of carbonyl (C=O) groups excluding carboxylic acids is 1. The van der Waals surface area contributed by atoms with Gasteiger partial charge >= 0.3 is 6.18 Å². The van der Waals surface area contributed by atoms with Crippen LogP contribution >= 0.6 is 0 Å². The van der Waals surface area contributed by atoms with E-state index in [0.29, 0.717) is 31.4 Å². The SMILES string of the molecule is CC(C)Cn1cc(-c2ccc3c(c2)CN(C(=O)c2ccc(C(O)C(F)(F)F)cc2)CCO3)cn1. The van der Waals surface area contributed by atoms with Gasteiger partial charge in [-0.2, -0.15) is 18.3 Å². The lowest BCUT2D eigenvalue weighted by Crippen LogP contribution is -2.32. The second-order valence-electron chi connectivity index (χ2n) is 8.81. The number of ether oxygens (including phenoxy) is 1. The molecule has 0 fully saturated rings. The number of rotatable bonds is 5. The standard InChI is InChI=1S/C25H26F3N3O3/c1-16(2)13-31-15-21(12-29-31)19-7-8-22-20(11-19)14-30(9-10-34-22)24(33)18-5-3-17(4-6-18)23(32)25(26,27)28/h3-8,11-12,15-16,23,32H,9-10,13-14H2,1-2H3. The molecule has 0 saturated carbocycles. The maximum atomic E-state index is 13.1. The van der Waals surface area contributed by atoms with Crippen molar-refractivity contribution >= 4 is 5.91 Å². The normalized spacial score (nSPS) is 15.0. The number of fused-ring (bicyclic) bond motifs is 1. The minimum Gasteiger partial charge on any atom is -0.491 e. The number of alkyl halides is 3. The zero-order chi connectivity index (χ0) is 24.5. The van der Waals surface area contributed by atoms with Crippen LogP contribution in [0.4, 0.5) is 13.2 Å². The molecule has 0 bridgehead atoms. The first-order valence-corrected chi connectivity index (χ1v) is 11.0. The Balaban J connectivity index is 1.53. The number of aromatic nitrogens is 2. The molecule has 6 nitrogen and oxygen atoms in total. The van der Waals surface area contributed by atoms with Crippen LogP contribution in [0.15, 0.2) is 54.9 Å². The molecule has 34 heavy (non-hydrogen) atoms. The summed E-state index contributed by atoms with van der Waals surface area (Å²) in [4.78, 5) is 14.7. The summed E-state index contributed by atoms with van der Waals surface area (Å²) in [6.07, 6.45) is -3.56. The molecule has 1 amide bonds. The molecule has 1 N–H and O–H groups in total. The first-order chi connectivity index (χ1) is 16.1. The highest BCUT2D eigenvalue weighted by molar-refractivity contribution is 5.94. The summed E-state index contributed by atoms with van der Waals surface area (Å²) in [6.45, 7) is 6.00. The van der Waals surface area contributed by atoms with Crippen LogP contribution in [0.25, 0.3) is 11.1 Å². The van der Waals surface area contributed by atoms with Crippen LogP contribution in [-0.2, 0) is 13.1 Å². The quantitative estimate of drug-likeness (QED) is 0.576. The summed E-state index contributed by atoms with van der Waals surface area (Å²) in [6, 6.07) is 10.7. The van der Waals surface area contributed by atoms with E-state index < -0.39 is 12.3 Å². The molecule has 1 aliphatic rings. The van der Waals surface area contributed by atoms with Crippen LogP contribution in [0, 0.1) is 5.92 Å². The van der Waals surface area contributed by atoms with Crippen LogP contribution in [0.2, 0.25) is 0 Å². The highest BCUT2D eigenvalue weighted by Gasteiger charge is 2.39. The van der Waals surface area contributed by atoms with Gasteiger partial charge in [-0.25, -0.2) is 0 Å². The molecule has 2 aromatic carbocycles. The Morgan fingerprint density at radius 1 is 1.15 bits per heavy atom. The van der Waals surface area contributed by atoms with Gasteiger partial charge in [0.15, 0.2) is 6.10 Å². The molecule has 2 heterocycles. The smallest absolute Gasteiger partial charge is 0.418 e. The fraction of sp³-hybridized carbons (Fsp3) is 0.360. The van der Waals surface area contributed by atoms with E-state index in [4.69, 9.17) is 4.74 Å². The molecule has 0 saturated heterocycles. The van der Waals surface area contributed by atoms with E-state index in [1.54, 1.807) is 4.90 Å². The fourth-order valence-electron chi connectivity index (χ4n) is 3.91. The van der Waals surface area contributed by atoms with Gasteiger partial charge in [0.1, 0.15) is 12.4 Å². The number of halogens is 3. The van der Waals surface area contributed by atoms with Gasteiger partial charge in [0.2, 0.25) is 0 Å². The highest BCUT2D eigenvalue weighted by Crippen LogP contribution is 2.33. The van der Waals surface area contributed by atoms with Crippen molar-refractivity contribution in [3.8, 4) is 16.9 Å². The second-order valence-corrected chi connectivity index (χ2v) is 8.81. The molecular formula is C25H26F3N3O3. The van der Waals surface area contributed by atoms with Crippen molar-refractivity contribution < 1.29 is 27.8 Å². The number of benzene rings is 2. The van der Waals surface area contributed by atoms with Gasteiger partial charge in [-0.1, -0.05) is 32.0 Å². The van der Waals surface area contributed by atoms with E-state index >= 15 is 0 Å². The van der Waals surface area contributed by atoms with E-state index in [-0.39, 0.29) is 17.0 Å². The van der Waals surface area contributed by atoms with Gasteiger partial charge < -0.3 is 14.7 Å². The molecule has 3 aromatic rings. The maximum absolute atomic E-state index is 13.1. The van der Waals surface area contributed by atoms with E-state index in [1.165, 1.54) is 12.1 Å². The summed E-state index contributed by atoms with van der Waals surface area (Å²) in [7, 11) is 0. The minimum absolute atomic E-state index is 0.243. The van der Waals surface area contributed by atoms with Crippen LogP contribution in [0.1, 0.15) is 41.4 Å². The molecule has 9 heteroatoms. The monoisotopic (exact) mass is 473 g/mol. The molecule has 0 spiro atoms. The van der Waals surface area contributed by atoms with E-state index in [2.05, 4.69) is 18.9 Å². The zero-order valence-electron chi connectivity index (χ0n) is 18.9. The average Bonchev–Trinajstić information content (AvgIpc) is 3.14. The predicted octanol–water partition coefficient (Wildman–Crippen LogP) is 4.84. The largest absolute Gasteiger partial charge is 0.491 e. The number of hydrogen-bond donors (Lipinski definition) is 1. The summed E-state index contributed by atoms with van der Waals surface area (Å²) in [5.74, 6) is 0.843. The zero-order valence-corrected chi connectivity index (χ0v) is 18.9. The molecule has 0 radical (unpaired) electrons. The number of carbonyl (C=O) groups is 1. The summed E-state index contributed by atoms with van der Waals surface area (Å²) >= 11 is 0. The summed E-state index contributed by atoms with van der Waals surface area (Å²) < 4.78 is 45.9. The first-order valence-electron chi connectivity index (χ1n) is 11.0. The van der Waals surface area contributed by atoms with Crippen LogP contribution in [-0.4, -0.2) is 45.0 Å². The van der Waals surface area contributed by atoms with E-state index in [9.17, 15) is 23.1 Å². The van der Waals surface area contributed by atoms with Gasteiger partial charge in [0, 0.05) is 36.0 Å². The fourth-order valence-corrected chi connectivity index (χ4v) is 3.91. The summed E-state index contributed by atoms with van der Waals surface area (Å²) in [5.41, 5.74) is 2.69. The molecule has 4 rings (SSSR count). The van der Waals surface area contributed by atoms with Gasteiger partial charge in [0.05, 0.1) is 12.7 Å². The Bertz CT molecular complexity index is 1160. The van der Waals surface area contributed by atoms with Gasteiger partial charge in [-0.05, 0) is 41.3 Å². The topological polar surface area (TPSA) is 67.6 Å². The van der Waals surface area contributed by atoms with Crippen LogP contribution < -0.4 is 4.74 Å². The van der Waals surface area contributed by atoms with Crippen molar-refractivity contribution in [3.63, 3.8) is 0 Å². The third-order valence-electron chi connectivity index (χ3n) is 5.63. The van der Waals surface area contributed by atoms with Crippen LogP contribution in [0.5, 0.6) is 5.75 Å². The van der Waals surface area contributed by atoms with E-state index in [1.807, 2.05) is 35.3 Å². The van der Waals surface area contributed by atoms with Crippen molar-refractivity contribution in [2.45, 2.75) is 39.2 Å². The Kier molecular flexibility index (Phi) is 6.65. The lowest BCUT2D eigenvalue weighted by molar-refractivity contribution is -0.206. The lowest BCUT2D eigenvalue weighted by Gasteiger charge is -2.21. The van der Waals surface area contributed by atoms with Crippen molar-refractivity contribution in [2.75, 3.05) is 13.2 Å². The van der Waals surface area contributed by atoms with Gasteiger partial charge in [-0.15, -0.1) is 0 Å². The molecule has 1 unspecified atom stereocenters. The van der Waals surface area contributed by atoms with Crippen LogP contribution in [0.3, 0.4) is 0 Å². The van der Waals surface area contributed by atoms with Crippen molar-refractivity contribution in [2.24, 2.45) is 5.92 Å². The Hall–Kier alpha value is -3.33. The number of aliphatic hydroxyl groups excluding tert-OH is 1. The summed E-state index contributed by atoms with van der Waals surface area (Å²) in [5, 5.41) is 13.8.